The molecule has 1 saturated heterocycles. The van der Waals surface area contributed by atoms with Gasteiger partial charge in [-0.25, -0.2) is 0 Å². The van der Waals surface area contributed by atoms with Gasteiger partial charge in [0.05, 0.1) is 5.56 Å². The number of phenols is 2. The summed E-state index contributed by atoms with van der Waals surface area (Å²) in [4.78, 5) is 14.3. The molecule has 0 spiro atoms. The monoisotopic (exact) mass is 279 g/mol. The van der Waals surface area contributed by atoms with Crippen LogP contribution >= 0.6 is 0 Å². The number of piperidine rings is 1. The Balaban J connectivity index is 1.91. The fourth-order valence-electron chi connectivity index (χ4n) is 2.46. The van der Waals surface area contributed by atoms with Crippen molar-refractivity contribution in [2.75, 3.05) is 26.2 Å². The molecule has 1 heterocycles. The minimum Gasteiger partial charge on any atom is -0.504 e. The average molecular weight is 279 g/mol. The highest BCUT2D eigenvalue weighted by Crippen LogP contribution is 2.28. The van der Waals surface area contributed by atoms with Crippen LogP contribution in [0, 0.1) is 0 Å². The predicted octanol–water partition coefficient (Wildman–Crippen LogP) is 0.251. The maximum atomic E-state index is 12.1. The van der Waals surface area contributed by atoms with Crippen molar-refractivity contribution in [3.63, 3.8) is 0 Å². The molecule has 1 aliphatic rings. The summed E-state index contributed by atoms with van der Waals surface area (Å²) in [7, 11) is 0. The second-order valence-electron chi connectivity index (χ2n) is 5.05. The minimum atomic E-state index is -0.370. The van der Waals surface area contributed by atoms with Crippen molar-refractivity contribution in [2.24, 2.45) is 5.73 Å². The first-order valence-electron chi connectivity index (χ1n) is 6.86. The number of rotatable bonds is 4. The molecule has 0 aromatic heterocycles. The number of aromatic hydroxyl groups is 2. The van der Waals surface area contributed by atoms with E-state index >= 15 is 0 Å². The Bertz CT molecular complexity index is 471. The van der Waals surface area contributed by atoms with Gasteiger partial charge in [-0.2, -0.15) is 0 Å². The Kier molecular flexibility index (Phi) is 4.81. The molecule has 6 nitrogen and oxygen atoms in total. The van der Waals surface area contributed by atoms with Gasteiger partial charge in [0.15, 0.2) is 11.5 Å². The molecule has 1 amide bonds. The molecular weight excluding hydrogens is 258 g/mol. The number of carbonyl (C=O) groups excluding carboxylic acids is 1. The molecule has 1 aromatic rings. The molecule has 0 bridgehead atoms. The topological polar surface area (TPSA) is 98.8 Å². The molecule has 110 valence electrons. The lowest BCUT2D eigenvalue weighted by atomic mass is 10.0. The van der Waals surface area contributed by atoms with Gasteiger partial charge < -0.3 is 26.2 Å². The Labute approximate surface area is 118 Å². The summed E-state index contributed by atoms with van der Waals surface area (Å²) in [5.74, 6) is -1.00. The van der Waals surface area contributed by atoms with Crippen molar-refractivity contribution in [1.82, 2.24) is 10.2 Å². The highest BCUT2D eigenvalue weighted by Gasteiger charge is 2.22. The lowest BCUT2D eigenvalue weighted by molar-refractivity contribution is 0.0908. The van der Waals surface area contributed by atoms with Gasteiger partial charge in [-0.15, -0.1) is 0 Å². The minimum absolute atomic E-state index is 0.0956. The Hall–Kier alpha value is -1.79. The van der Waals surface area contributed by atoms with Gasteiger partial charge in [0.2, 0.25) is 0 Å². The Morgan fingerprint density at radius 3 is 2.70 bits per heavy atom. The molecule has 1 aromatic carbocycles. The van der Waals surface area contributed by atoms with Crippen molar-refractivity contribution in [1.29, 1.82) is 0 Å². The molecule has 0 radical (unpaired) electrons. The van der Waals surface area contributed by atoms with Gasteiger partial charge in [0.1, 0.15) is 0 Å². The van der Waals surface area contributed by atoms with Crippen LogP contribution in [0.5, 0.6) is 11.5 Å². The van der Waals surface area contributed by atoms with Crippen LogP contribution in [0.1, 0.15) is 23.2 Å². The number of likely N-dealkylation sites (tertiary alicyclic amines) is 1. The smallest absolute Gasteiger partial charge is 0.255 e. The third-order valence-electron chi connectivity index (χ3n) is 3.63. The van der Waals surface area contributed by atoms with Gasteiger partial charge in [0, 0.05) is 32.2 Å². The summed E-state index contributed by atoms with van der Waals surface area (Å²) in [6.45, 7) is 3.35. The van der Waals surface area contributed by atoms with Crippen LogP contribution in [-0.2, 0) is 0 Å². The number of carbonyl (C=O) groups is 1. The zero-order valence-corrected chi connectivity index (χ0v) is 11.4. The molecule has 0 unspecified atom stereocenters. The highest BCUT2D eigenvalue weighted by atomic mass is 16.3. The number of para-hydroxylation sites is 1. The van der Waals surface area contributed by atoms with E-state index in [1.54, 1.807) is 0 Å². The second-order valence-corrected chi connectivity index (χ2v) is 5.05. The first-order valence-corrected chi connectivity index (χ1v) is 6.86. The molecule has 5 N–H and O–H groups in total. The maximum Gasteiger partial charge on any atom is 0.255 e. The van der Waals surface area contributed by atoms with Crippen molar-refractivity contribution in [3.8, 4) is 11.5 Å². The van der Waals surface area contributed by atoms with Gasteiger partial charge in [-0.1, -0.05) is 6.07 Å². The first-order chi connectivity index (χ1) is 9.61. The molecule has 1 fully saturated rings. The second kappa shape index (κ2) is 6.58. The van der Waals surface area contributed by atoms with Crippen LogP contribution in [0.25, 0.3) is 0 Å². The van der Waals surface area contributed by atoms with Crippen molar-refractivity contribution < 1.29 is 15.0 Å². The van der Waals surface area contributed by atoms with Gasteiger partial charge in [-0.05, 0) is 25.0 Å². The fourth-order valence-corrected chi connectivity index (χ4v) is 2.46. The molecular formula is C14H21N3O3. The zero-order chi connectivity index (χ0) is 14.5. The number of nitrogens with two attached hydrogens (primary N) is 1. The lowest BCUT2D eigenvalue weighted by Crippen LogP contribution is -2.45. The fraction of sp³-hybridized carbons (Fsp3) is 0.500. The van der Waals surface area contributed by atoms with Crippen LogP contribution in [0.3, 0.4) is 0 Å². The van der Waals surface area contributed by atoms with E-state index in [-0.39, 0.29) is 29.0 Å². The summed E-state index contributed by atoms with van der Waals surface area (Å²) in [6.07, 6.45) is 1.73. The van der Waals surface area contributed by atoms with Crippen LogP contribution in [-0.4, -0.2) is 53.2 Å². The summed E-state index contributed by atoms with van der Waals surface area (Å²) in [5, 5.41) is 22.0. The summed E-state index contributed by atoms with van der Waals surface area (Å²) < 4.78 is 0. The number of nitrogens with one attached hydrogen (secondary N) is 1. The molecule has 1 aliphatic heterocycles. The summed E-state index contributed by atoms with van der Waals surface area (Å²) in [6, 6.07) is 4.47. The third kappa shape index (κ3) is 3.40. The normalized spacial score (nSPS) is 17.1. The molecule has 0 atom stereocenters. The van der Waals surface area contributed by atoms with E-state index in [1.165, 1.54) is 18.2 Å². The van der Waals surface area contributed by atoms with Crippen LogP contribution in [0.15, 0.2) is 18.2 Å². The molecule has 20 heavy (non-hydrogen) atoms. The first kappa shape index (κ1) is 14.6. The van der Waals surface area contributed by atoms with Gasteiger partial charge >= 0.3 is 0 Å². The quantitative estimate of drug-likeness (QED) is 0.592. The SMILES string of the molecule is NCCN1CCC(NC(=O)c2cccc(O)c2O)CC1. The number of nitrogens with zero attached hydrogens (tertiary/aromatic N) is 1. The standard InChI is InChI=1S/C14H21N3O3/c15-6-9-17-7-4-10(5-8-17)16-14(20)11-2-1-3-12(18)13(11)19/h1-3,10,18-19H,4-9,15H2,(H,16,20). The van der Waals surface area contributed by atoms with E-state index in [0.29, 0.717) is 6.54 Å². The molecule has 6 heteroatoms. The van der Waals surface area contributed by atoms with Crippen LogP contribution in [0.2, 0.25) is 0 Å². The van der Waals surface area contributed by atoms with E-state index in [9.17, 15) is 15.0 Å². The van der Waals surface area contributed by atoms with E-state index < -0.39 is 0 Å². The number of benzene rings is 1. The van der Waals surface area contributed by atoms with E-state index in [2.05, 4.69) is 10.2 Å². The average Bonchev–Trinajstić information content (AvgIpc) is 2.44. The van der Waals surface area contributed by atoms with Crippen LogP contribution in [0.4, 0.5) is 0 Å². The number of hydrogen-bond donors (Lipinski definition) is 4. The highest BCUT2D eigenvalue weighted by molar-refractivity contribution is 5.97. The number of phenolic OH excluding ortho intramolecular Hbond substituents is 2. The van der Waals surface area contributed by atoms with Gasteiger partial charge in [-0.3, -0.25) is 4.79 Å². The van der Waals surface area contributed by atoms with Crippen LogP contribution < -0.4 is 11.1 Å². The van der Waals surface area contributed by atoms with Crippen molar-refractivity contribution in [3.05, 3.63) is 23.8 Å². The molecule has 0 saturated carbocycles. The number of hydrogen-bond acceptors (Lipinski definition) is 5. The summed E-state index contributed by atoms with van der Waals surface area (Å²) >= 11 is 0. The molecule has 2 rings (SSSR count). The Morgan fingerprint density at radius 2 is 2.05 bits per heavy atom. The number of amides is 1. The predicted molar refractivity (Wildman–Crippen MR) is 75.8 cm³/mol. The summed E-state index contributed by atoms with van der Waals surface area (Å²) in [5.41, 5.74) is 5.62. The maximum absolute atomic E-state index is 12.1. The third-order valence-corrected chi connectivity index (χ3v) is 3.63. The van der Waals surface area contributed by atoms with E-state index in [4.69, 9.17) is 5.73 Å². The van der Waals surface area contributed by atoms with Crippen molar-refractivity contribution >= 4 is 5.91 Å². The zero-order valence-electron chi connectivity index (χ0n) is 11.4. The largest absolute Gasteiger partial charge is 0.504 e. The van der Waals surface area contributed by atoms with E-state index in [0.717, 1.165) is 32.5 Å². The van der Waals surface area contributed by atoms with E-state index in [1.807, 2.05) is 0 Å². The van der Waals surface area contributed by atoms with Crippen molar-refractivity contribution in [2.45, 2.75) is 18.9 Å². The molecule has 0 aliphatic carbocycles. The van der Waals surface area contributed by atoms with Gasteiger partial charge in [0.25, 0.3) is 5.91 Å². The lowest BCUT2D eigenvalue weighted by Gasteiger charge is -2.32. The Morgan fingerprint density at radius 1 is 1.35 bits per heavy atom.